The van der Waals surface area contributed by atoms with Gasteiger partial charge in [-0.05, 0) is 44.0 Å². The second-order valence-corrected chi connectivity index (χ2v) is 6.61. The molecule has 2 aromatic carbocycles. The molecule has 25 heavy (non-hydrogen) atoms. The van der Waals surface area contributed by atoms with Crippen LogP contribution in [-0.2, 0) is 4.79 Å². The molecule has 5 heteroatoms. The van der Waals surface area contributed by atoms with Crippen molar-refractivity contribution in [3.8, 4) is 0 Å². The maximum atomic E-state index is 12.4. The lowest BCUT2D eigenvalue weighted by Gasteiger charge is -2.18. The zero-order valence-electron chi connectivity index (χ0n) is 14.8. The van der Waals surface area contributed by atoms with Crippen molar-refractivity contribution in [1.29, 1.82) is 0 Å². The molecular formula is C20H23N3O2. The zero-order valence-corrected chi connectivity index (χ0v) is 14.8. The first kappa shape index (κ1) is 17.0. The maximum absolute atomic E-state index is 12.4. The van der Waals surface area contributed by atoms with Crippen molar-refractivity contribution in [2.24, 2.45) is 0 Å². The van der Waals surface area contributed by atoms with Crippen molar-refractivity contribution < 1.29 is 9.59 Å². The van der Waals surface area contributed by atoms with Crippen molar-refractivity contribution in [2.75, 3.05) is 16.8 Å². The molecule has 0 bridgehead atoms. The standard InChI is InChI=1S/C20H23N3O2/c1-13-9-14(2)19(15(3)10-13)22-20(25)21-16-11-18(24)23(12-16)17-7-5-4-6-8-17/h4-10,16H,11-12H2,1-3H3,(H2,21,22,25)/t16-/m0/s1. The molecule has 0 unspecified atom stereocenters. The fourth-order valence-corrected chi connectivity index (χ4v) is 3.37. The van der Waals surface area contributed by atoms with Crippen LogP contribution in [0.15, 0.2) is 42.5 Å². The molecule has 3 rings (SSSR count). The molecule has 0 radical (unpaired) electrons. The number of hydrogen-bond acceptors (Lipinski definition) is 2. The summed E-state index contributed by atoms with van der Waals surface area (Å²) in [7, 11) is 0. The minimum absolute atomic E-state index is 0.0270. The van der Waals surface area contributed by atoms with Gasteiger partial charge in [0.05, 0.1) is 6.04 Å². The third-order valence-electron chi connectivity index (χ3n) is 4.44. The molecule has 0 saturated carbocycles. The van der Waals surface area contributed by atoms with E-state index in [2.05, 4.69) is 10.6 Å². The third-order valence-corrected chi connectivity index (χ3v) is 4.44. The summed E-state index contributed by atoms with van der Waals surface area (Å²) in [5.74, 6) is 0.0270. The van der Waals surface area contributed by atoms with Crippen molar-refractivity contribution in [1.82, 2.24) is 5.32 Å². The summed E-state index contributed by atoms with van der Waals surface area (Å²) in [5, 5.41) is 5.84. The number of carbonyl (C=O) groups excluding carboxylic acids is 2. The van der Waals surface area contributed by atoms with E-state index in [4.69, 9.17) is 0 Å². The number of aryl methyl sites for hydroxylation is 3. The first-order valence-corrected chi connectivity index (χ1v) is 8.45. The Morgan fingerprint density at radius 3 is 2.36 bits per heavy atom. The van der Waals surface area contributed by atoms with E-state index in [1.165, 1.54) is 5.56 Å². The molecule has 1 saturated heterocycles. The fraction of sp³-hybridized carbons (Fsp3) is 0.300. The molecule has 0 spiro atoms. The third kappa shape index (κ3) is 3.82. The molecule has 130 valence electrons. The van der Waals surface area contributed by atoms with Gasteiger partial charge in [0.25, 0.3) is 0 Å². The van der Waals surface area contributed by atoms with Gasteiger partial charge in [0.15, 0.2) is 0 Å². The van der Waals surface area contributed by atoms with E-state index in [1.54, 1.807) is 4.90 Å². The Labute approximate surface area is 148 Å². The van der Waals surface area contributed by atoms with Crippen LogP contribution in [-0.4, -0.2) is 24.5 Å². The van der Waals surface area contributed by atoms with Crippen LogP contribution in [0.1, 0.15) is 23.1 Å². The Morgan fingerprint density at radius 1 is 1.08 bits per heavy atom. The van der Waals surface area contributed by atoms with Gasteiger partial charge in [0.1, 0.15) is 0 Å². The molecular weight excluding hydrogens is 314 g/mol. The molecule has 1 heterocycles. The molecule has 1 atom stereocenters. The smallest absolute Gasteiger partial charge is 0.319 e. The summed E-state index contributed by atoms with van der Waals surface area (Å²) in [6.45, 7) is 6.48. The van der Waals surface area contributed by atoms with Gasteiger partial charge < -0.3 is 15.5 Å². The van der Waals surface area contributed by atoms with Crippen LogP contribution in [0.4, 0.5) is 16.2 Å². The van der Waals surface area contributed by atoms with Crippen LogP contribution < -0.4 is 15.5 Å². The highest BCUT2D eigenvalue weighted by Crippen LogP contribution is 2.23. The number of nitrogens with one attached hydrogen (secondary N) is 2. The number of urea groups is 1. The summed E-state index contributed by atoms with van der Waals surface area (Å²) in [6, 6.07) is 13.1. The monoisotopic (exact) mass is 337 g/mol. The largest absolute Gasteiger partial charge is 0.333 e. The van der Waals surface area contributed by atoms with Gasteiger partial charge in [-0.15, -0.1) is 0 Å². The molecule has 3 amide bonds. The number of para-hydroxylation sites is 1. The van der Waals surface area contributed by atoms with Crippen LogP contribution in [0.3, 0.4) is 0 Å². The summed E-state index contributed by atoms with van der Waals surface area (Å²) in [5.41, 5.74) is 4.91. The summed E-state index contributed by atoms with van der Waals surface area (Å²) < 4.78 is 0. The molecule has 1 fully saturated rings. The van der Waals surface area contributed by atoms with Crippen molar-refractivity contribution in [3.05, 3.63) is 59.2 Å². The van der Waals surface area contributed by atoms with E-state index in [9.17, 15) is 9.59 Å². The minimum atomic E-state index is -0.275. The van der Waals surface area contributed by atoms with E-state index in [-0.39, 0.29) is 18.0 Å². The van der Waals surface area contributed by atoms with E-state index in [0.717, 1.165) is 22.5 Å². The number of benzene rings is 2. The average Bonchev–Trinajstić information content (AvgIpc) is 2.92. The lowest BCUT2D eigenvalue weighted by molar-refractivity contribution is -0.117. The van der Waals surface area contributed by atoms with Gasteiger partial charge in [0.2, 0.25) is 5.91 Å². The van der Waals surface area contributed by atoms with E-state index in [1.807, 2.05) is 63.2 Å². The van der Waals surface area contributed by atoms with Crippen LogP contribution in [0.25, 0.3) is 0 Å². The molecule has 1 aliphatic rings. The Bertz CT molecular complexity index is 779. The Morgan fingerprint density at radius 2 is 1.72 bits per heavy atom. The molecule has 2 N–H and O–H groups in total. The first-order valence-electron chi connectivity index (χ1n) is 8.45. The summed E-state index contributed by atoms with van der Waals surface area (Å²) >= 11 is 0. The second-order valence-electron chi connectivity index (χ2n) is 6.61. The topological polar surface area (TPSA) is 61.4 Å². The van der Waals surface area contributed by atoms with Crippen LogP contribution in [0.2, 0.25) is 0 Å². The molecule has 2 aromatic rings. The summed E-state index contributed by atoms with van der Waals surface area (Å²) in [6.07, 6.45) is 0.314. The van der Waals surface area contributed by atoms with Gasteiger partial charge in [-0.1, -0.05) is 35.9 Å². The number of rotatable bonds is 3. The van der Waals surface area contributed by atoms with E-state index < -0.39 is 0 Å². The highest BCUT2D eigenvalue weighted by Gasteiger charge is 2.31. The molecule has 5 nitrogen and oxygen atoms in total. The number of hydrogen-bond donors (Lipinski definition) is 2. The van der Waals surface area contributed by atoms with Gasteiger partial charge in [-0.3, -0.25) is 4.79 Å². The first-order chi connectivity index (χ1) is 11.9. The maximum Gasteiger partial charge on any atom is 0.319 e. The van der Waals surface area contributed by atoms with Crippen molar-refractivity contribution in [3.63, 3.8) is 0 Å². The van der Waals surface area contributed by atoms with Crippen LogP contribution in [0.5, 0.6) is 0 Å². The number of amides is 3. The zero-order chi connectivity index (χ0) is 18.0. The normalized spacial score (nSPS) is 16.8. The number of carbonyl (C=O) groups is 2. The van der Waals surface area contributed by atoms with Crippen LogP contribution in [0, 0.1) is 20.8 Å². The highest BCUT2D eigenvalue weighted by molar-refractivity contribution is 5.98. The number of nitrogens with zero attached hydrogens (tertiary/aromatic N) is 1. The summed E-state index contributed by atoms with van der Waals surface area (Å²) in [4.78, 5) is 26.3. The predicted octanol–water partition coefficient (Wildman–Crippen LogP) is 3.54. The SMILES string of the molecule is Cc1cc(C)c(NC(=O)N[C@H]2CC(=O)N(c3ccccc3)C2)c(C)c1. The van der Waals surface area contributed by atoms with E-state index in [0.29, 0.717) is 13.0 Å². The molecule has 1 aliphatic heterocycles. The van der Waals surface area contributed by atoms with Crippen LogP contribution >= 0.6 is 0 Å². The van der Waals surface area contributed by atoms with E-state index >= 15 is 0 Å². The Balaban J connectivity index is 1.64. The average molecular weight is 337 g/mol. The quantitative estimate of drug-likeness (QED) is 0.900. The fourth-order valence-electron chi connectivity index (χ4n) is 3.37. The van der Waals surface area contributed by atoms with Crippen molar-refractivity contribution >= 4 is 23.3 Å². The molecule has 0 aliphatic carbocycles. The Hall–Kier alpha value is -2.82. The predicted molar refractivity (Wildman–Crippen MR) is 100 cm³/mol. The van der Waals surface area contributed by atoms with Gasteiger partial charge in [-0.2, -0.15) is 0 Å². The molecule has 0 aromatic heterocycles. The van der Waals surface area contributed by atoms with Crippen molar-refractivity contribution in [2.45, 2.75) is 33.2 Å². The lowest BCUT2D eigenvalue weighted by Crippen LogP contribution is -2.40. The van der Waals surface area contributed by atoms with Gasteiger partial charge >= 0.3 is 6.03 Å². The van der Waals surface area contributed by atoms with Gasteiger partial charge in [0, 0.05) is 24.3 Å². The minimum Gasteiger partial charge on any atom is -0.333 e. The lowest BCUT2D eigenvalue weighted by atomic mass is 10.1. The van der Waals surface area contributed by atoms with Gasteiger partial charge in [-0.25, -0.2) is 4.79 Å². The second kappa shape index (κ2) is 6.97. The number of anilines is 2. The Kier molecular flexibility index (Phi) is 4.74. The highest BCUT2D eigenvalue weighted by atomic mass is 16.2.